The molecule has 1 heterocycles. The van der Waals surface area contributed by atoms with Crippen molar-refractivity contribution in [1.82, 2.24) is 14.9 Å². The van der Waals surface area contributed by atoms with Crippen molar-refractivity contribution in [3.05, 3.63) is 75.8 Å². The highest BCUT2D eigenvalue weighted by Crippen LogP contribution is 2.17. The second kappa shape index (κ2) is 7.98. The highest BCUT2D eigenvalue weighted by molar-refractivity contribution is 7.71. The second-order valence-electron chi connectivity index (χ2n) is 5.83. The van der Waals surface area contributed by atoms with Crippen LogP contribution in [0.1, 0.15) is 29.4 Å². The number of benzene rings is 2. The Morgan fingerprint density at radius 2 is 2.04 bits per heavy atom. The Morgan fingerprint density at radius 1 is 1.20 bits per heavy atom. The van der Waals surface area contributed by atoms with Gasteiger partial charge in [0.25, 0.3) is 0 Å². The van der Waals surface area contributed by atoms with Crippen molar-refractivity contribution < 1.29 is 4.74 Å². The van der Waals surface area contributed by atoms with Crippen LogP contribution in [0.3, 0.4) is 0 Å². The van der Waals surface area contributed by atoms with Crippen LogP contribution in [0, 0.1) is 11.7 Å². The molecule has 2 aromatic carbocycles. The molecule has 0 amide bonds. The maximum absolute atomic E-state index is 5.95. The zero-order chi connectivity index (χ0) is 17.6. The minimum absolute atomic E-state index is 0.566. The third-order valence-electron chi connectivity index (χ3n) is 4.05. The van der Waals surface area contributed by atoms with Crippen molar-refractivity contribution in [1.29, 1.82) is 0 Å². The molecule has 6 heteroatoms. The highest BCUT2D eigenvalue weighted by Gasteiger charge is 2.04. The molecule has 0 aliphatic rings. The van der Waals surface area contributed by atoms with E-state index in [0.717, 1.165) is 23.6 Å². The van der Waals surface area contributed by atoms with Gasteiger partial charge in [0.05, 0.1) is 6.54 Å². The van der Waals surface area contributed by atoms with Crippen molar-refractivity contribution in [3.8, 4) is 5.75 Å². The molecule has 0 unspecified atom stereocenters. The summed E-state index contributed by atoms with van der Waals surface area (Å²) in [4.78, 5) is 0. The standard InChI is InChI=1S/C19H22N4OS/c1-3-18-21-22-19(25)23(18)20-12-15-8-6-10-17(11-15)24-13-16-9-5-4-7-14(16)2/h4-11,20H,3,12-13H2,1-2H3,(H,22,25). The number of hydrogen-bond donors (Lipinski definition) is 2. The summed E-state index contributed by atoms with van der Waals surface area (Å²) in [5.41, 5.74) is 6.86. The summed E-state index contributed by atoms with van der Waals surface area (Å²) in [5.74, 6) is 1.74. The third kappa shape index (κ3) is 4.28. The SMILES string of the molecule is CCc1n[nH]c(=S)n1NCc1cccc(OCc2ccccc2C)c1. The number of aromatic nitrogens is 3. The fourth-order valence-corrected chi connectivity index (χ4v) is 2.79. The topological polar surface area (TPSA) is 54.9 Å². The molecule has 0 bridgehead atoms. The van der Waals surface area contributed by atoms with Crippen LogP contribution in [0.4, 0.5) is 0 Å². The maximum Gasteiger partial charge on any atom is 0.214 e. The predicted octanol–water partition coefficient (Wildman–Crippen LogP) is 4.13. The van der Waals surface area contributed by atoms with Gasteiger partial charge in [-0.1, -0.05) is 43.3 Å². The summed E-state index contributed by atoms with van der Waals surface area (Å²) < 4.78 is 8.33. The second-order valence-corrected chi connectivity index (χ2v) is 6.22. The van der Waals surface area contributed by atoms with Crippen LogP contribution in [0.25, 0.3) is 0 Å². The number of nitrogens with one attached hydrogen (secondary N) is 2. The smallest absolute Gasteiger partial charge is 0.214 e. The molecule has 0 fully saturated rings. The molecule has 3 rings (SSSR count). The third-order valence-corrected chi connectivity index (χ3v) is 4.33. The molecule has 1 aromatic heterocycles. The first-order valence-electron chi connectivity index (χ1n) is 8.33. The Labute approximate surface area is 152 Å². The Hall–Kier alpha value is -2.60. The Bertz CT molecular complexity index is 900. The van der Waals surface area contributed by atoms with Gasteiger partial charge in [-0.3, -0.25) is 5.10 Å². The number of aromatic amines is 1. The average molecular weight is 354 g/mol. The molecule has 25 heavy (non-hydrogen) atoms. The molecule has 3 aromatic rings. The van der Waals surface area contributed by atoms with E-state index in [1.165, 1.54) is 11.1 Å². The molecule has 5 nitrogen and oxygen atoms in total. The van der Waals surface area contributed by atoms with Gasteiger partial charge in [0, 0.05) is 6.42 Å². The first-order valence-corrected chi connectivity index (χ1v) is 8.74. The molecule has 0 saturated carbocycles. The zero-order valence-electron chi connectivity index (χ0n) is 14.5. The van der Waals surface area contributed by atoms with E-state index in [2.05, 4.69) is 40.7 Å². The Morgan fingerprint density at radius 3 is 2.84 bits per heavy atom. The van der Waals surface area contributed by atoms with Gasteiger partial charge in [-0.05, 0) is 48.0 Å². The van der Waals surface area contributed by atoms with E-state index in [1.54, 1.807) is 0 Å². The lowest BCUT2D eigenvalue weighted by molar-refractivity contribution is 0.305. The van der Waals surface area contributed by atoms with E-state index >= 15 is 0 Å². The number of ether oxygens (including phenoxy) is 1. The molecule has 0 spiro atoms. The van der Waals surface area contributed by atoms with Crippen LogP contribution in [-0.2, 0) is 19.6 Å². The predicted molar refractivity (Wildman–Crippen MR) is 102 cm³/mol. The van der Waals surface area contributed by atoms with E-state index in [0.29, 0.717) is 17.9 Å². The van der Waals surface area contributed by atoms with Crippen LogP contribution in [0.15, 0.2) is 48.5 Å². The minimum Gasteiger partial charge on any atom is -0.489 e. The molecule has 0 saturated heterocycles. The number of rotatable bonds is 7. The first kappa shape index (κ1) is 17.2. The minimum atomic E-state index is 0.566. The summed E-state index contributed by atoms with van der Waals surface area (Å²) >= 11 is 5.25. The van der Waals surface area contributed by atoms with Gasteiger partial charge in [0.2, 0.25) is 4.77 Å². The van der Waals surface area contributed by atoms with Gasteiger partial charge >= 0.3 is 0 Å². The van der Waals surface area contributed by atoms with Crippen molar-refractivity contribution in [2.45, 2.75) is 33.4 Å². The summed E-state index contributed by atoms with van der Waals surface area (Å²) in [6.07, 6.45) is 0.805. The summed E-state index contributed by atoms with van der Waals surface area (Å²) in [6, 6.07) is 16.3. The van der Waals surface area contributed by atoms with Crippen molar-refractivity contribution in [3.63, 3.8) is 0 Å². The lowest BCUT2D eigenvalue weighted by Gasteiger charge is -2.12. The molecule has 0 radical (unpaired) electrons. The van der Waals surface area contributed by atoms with E-state index in [-0.39, 0.29) is 0 Å². The van der Waals surface area contributed by atoms with Crippen molar-refractivity contribution in [2.75, 3.05) is 5.43 Å². The van der Waals surface area contributed by atoms with Gasteiger partial charge in [-0.2, -0.15) is 5.10 Å². The molecular weight excluding hydrogens is 332 g/mol. The quantitative estimate of drug-likeness (QED) is 0.626. The van der Waals surface area contributed by atoms with Gasteiger partial charge in [0.15, 0.2) is 5.82 Å². The first-order chi connectivity index (χ1) is 12.2. The number of hydrogen-bond acceptors (Lipinski definition) is 4. The fraction of sp³-hybridized carbons (Fsp3) is 0.263. The molecule has 130 valence electrons. The molecule has 0 aliphatic heterocycles. The van der Waals surface area contributed by atoms with Crippen LogP contribution in [0.2, 0.25) is 0 Å². The fourth-order valence-electron chi connectivity index (χ4n) is 2.58. The summed E-state index contributed by atoms with van der Waals surface area (Å²) in [7, 11) is 0. The normalized spacial score (nSPS) is 10.6. The van der Waals surface area contributed by atoms with Gasteiger partial charge in [-0.15, -0.1) is 0 Å². The summed E-state index contributed by atoms with van der Waals surface area (Å²) in [6.45, 7) is 5.35. The van der Waals surface area contributed by atoms with Crippen molar-refractivity contribution in [2.24, 2.45) is 0 Å². The Kier molecular flexibility index (Phi) is 5.50. The van der Waals surface area contributed by atoms with E-state index in [1.807, 2.05) is 41.9 Å². The number of nitrogens with zero attached hydrogens (tertiary/aromatic N) is 2. The lowest BCUT2D eigenvalue weighted by Crippen LogP contribution is -2.17. The average Bonchev–Trinajstić information content (AvgIpc) is 2.99. The Balaban J connectivity index is 1.64. The van der Waals surface area contributed by atoms with E-state index in [9.17, 15) is 0 Å². The van der Waals surface area contributed by atoms with Gasteiger partial charge < -0.3 is 10.2 Å². The lowest BCUT2D eigenvalue weighted by atomic mass is 10.1. The summed E-state index contributed by atoms with van der Waals surface area (Å²) in [5, 5.41) is 7.00. The van der Waals surface area contributed by atoms with Crippen molar-refractivity contribution >= 4 is 12.2 Å². The van der Waals surface area contributed by atoms with Crippen LogP contribution in [0.5, 0.6) is 5.75 Å². The van der Waals surface area contributed by atoms with Crippen LogP contribution in [-0.4, -0.2) is 14.9 Å². The van der Waals surface area contributed by atoms with Crippen LogP contribution < -0.4 is 10.2 Å². The van der Waals surface area contributed by atoms with Crippen LogP contribution >= 0.6 is 12.2 Å². The monoisotopic (exact) mass is 354 g/mol. The zero-order valence-corrected chi connectivity index (χ0v) is 15.3. The van der Waals surface area contributed by atoms with E-state index in [4.69, 9.17) is 17.0 Å². The molecule has 0 aliphatic carbocycles. The molecule has 0 atom stereocenters. The number of aryl methyl sites for hydroxylation is 2. The largest absolute Gasteiger partial charge is 0.489 e. The molecular formula is C19H22N4OS. The highest BCUT2D eigenvalue weighted by atomic mass is 32.1. The van der Waals surface area contributed by atoms with Gasteiger partial charge in [0.1, 0.15) is 12.4 Å². The maximum atomic E-state index is 5.95. The van der Waals surface area contributed by atoms with Gasteiger partial charge in [-0.25, -0.2) is 4.68 Å². The molecule has 2 N–H and O–H groups in total. The van der Waals surface area contributed by atoms with E-state index < -0.39 is 0 Å². The number of H-pyrrole nitrogens is 1.